The molecule has 2 N–H and O–H groups in total. The minimum Gasteiger partial charge on any atom is -0.378 e. The van der Waals surface area contributed by atoms with Crippen LogP contribution in [0.3, 0.4) is 0 Å². The van der Waals surface area contributed by atoms with E-state index in [2.05, 4.69) is 11.8 Å². The van der Waals surface area contributed by atoms with E-state index in [1.54, 1.807) is 0 Å². The first kappa shape index (κ1) is 12.9. The summed E-state index contributed by atoms with van der Waals surface area (Å²) >= 11 is 0. The Morgan fingerprint density at radius 3 is 2.89 bits per heavy atom. The minimum atomic E-state index is 0.0335. The highest BCUT2D eigenvalue weighted by molar-refractivity contribution is 4.95. The zero-order valence-electron chi connectivity index (χ0n) is 11.4. The monoisotopic (exact) mass is 254 g/mol. The topological polar surface area (TPSA) is 47.7 Å². The molecule has 3 aliphatic rings. The summed E-state index contributed by atoms with van der Waals surface area (Å²) in [7, 11) is 0. The second-order valence-electron chi connectivity index (χ2n) is 6.41. The highest BCUT2D eigenvalue weighted by Gasteiger charge is 2.43. The zero-order chi connectivity index (χ0) is 12.6. The largest absolute Gasteiger partial charge is 0.378 e. The van der Waals surface area contributed by atoms with Crippen LogP contribution in [0.15, 0.2) is 0 Å². The molecule has 4 unspecified atom stereocenters. The number of likely N-dealkylation sites (tertiary alicyclic amines) is 1. The van der Waals surface area contributed by atoms with Gasteiger partial charge in [0, 0.05) is 38.3 Å². The summed E-state index contributed by atoms with van der Waals surface area (Å²) < 4.78 is 11.6. The molecule has 0 bridgehead atoms. The van der Waals surface area contributed by atoms with Crippen LogP contribution >= 0.6 is 0 Å². The van der Waals surface area contributed by atoms with Gasteiger partial charge >= 0.3 is 0 Å². The molecule has 3 fully saturated rings. The van der Waals surface area contributed by atoms with E-state index < -0.39 is 0 Å². The van der Waals surface area contributed by atoms with Crippen molar-refractivity contribution in [3.63, 3.8) is 0 Å². The van der Waals surface area contributed by atoms with E-state index in [-0.39, 0.29) is 5.60 Å². The molecule has 3 rings (SSSR count). The van der Waals surface area contributed by atoms with Crippen LogP contribution in [0.5, 0.6) is 0 Å². The Balaban J connectivity index is 1.62. The smallest absolute Gasteiger partial charge is 0.0951 e. The van der Waals surface area contributed by atoms with E-state index in [0.717, 1.165) is 52.2 Å². The molecule has 3 saturated heterocycles. The fourth-order valence-electron chi connectivity index (χ4n) is 3.70. The van der Waals surface area contributed by atoms with E-state index in [0.29, 0.717) is 18.0 Å². The molecule has 3 heterocycles. The molecular weight excluding hydrogens is 228 g/mol. The molecule has 0 aromatic rings. The lowest BCUT2D eigenvalue weighted by molar-refractivity contribution is -0.110. The first-order valence-electron chi connectivity index (χ1n) is 7.40. The van der Waals surface area contributed by atoms with E-state index in [1.165, 1.54) is 6.42 Å². The summed E-state index contributed by atoms with van der Waals surface area (Å²) in [4.78, 5) is 2.65. The molecule has 3 aliphatic heterocycles. The second kappa shape index (κ2) is 5.08. The highest BCUT2D eigenvalue weighted by atomic mass is 16.6. The fraction of sp³-hybridized carbons (Fsp3) is 1.00. The van der Waals surface area contributed by atoms with Crippen LogP contribution in [-0.4, -0.2) is 55.5 Å². The lowest BCUT2D eigenvalue weighted by Gasteiger charge is -2.45. The van der Waals surface area contributed by atoms with Crippen molar-refractivity contribution in [1.82, 2.24) is 4.90 Å². The lowest BCUT2D eigenvalue weighted by Crippen LogP contribution is -2.54. The van der Waals surface area contributed by atoms with Gasteiger partial charge in [0.25, 0.3) is 0 Å². The first-order valence-corrected chi connectivity index (χ1v) is 7.40. The number of nitrogens with zero attached hydrogens (tertiary/aromatic N) is 1. The minimum absolute atomic E-state index is 0.0335. The fourth-order valence-corrected chi connectivity index (χ4v) is 3.70. The molecule has 104 valence electrons. The maximum absolute atomic E-state index is 6.11. The van der Waals surface area contributed by atoms with Gasteiger partial charge in [-0.1, -0.05) is 6.92 Å². The third-order valence-electron chi connectivity index (χ3n) is 5.05. The zero-order valence-corrected chi connectivity index (χ0v) is 11.4. The summed E-state index contributed by atoms with van der Waals surface area (Å²) in [6.07, 6.45) is 4.53. The number of piperidine rings is 1. The van der Waals surface area contributed by atoms with Crippen molar-refractivity contribution in [3.05, 3.63) is 0 Å². The number of rotatable bonds is 1. The molecule has 0 radical (unpaired) electrons. The molecule has 4 nitrogen and oxygen atoms in total. The first-order chi connectivity index (χ1) is 8.69. The predicted molar refractivity (Wildman–Crippen MR) is 70.5 cm³/mol. The van der Waals surface area contributed by atoms with Crippen LogP contribution in [0.4, 0.5) is 0 Å². The van der Waals surface area contributed by atoms with Gasteiger partial charge in [-0.2, -0.15) is 0 Å². The molecule has 4 heteroatoms. The van der Waals surface area contributed by atoms with Gasteiger partial charge in [0.15, 0.2) is 0 Å². The SMILES string of the molecule is CC1CN(C2CCOC3(CCOC3)C2)CCC1N. The van der Waals surface area contributed by atoms with E-state index >= 15 is 0 Å². The Hall–Kier alpha value is -0.160. The van der Waals surface area contributed by atoms with Crippen LogP contribution < -0.4 is 5.73 Å². The molecule has 4 atom stereocenters. The van der Waals surface area contributed by atoms with Crippen LogP contribution in [0.2, 0.25) is 0 Å². The molecular formula is C14H26N2O2. The number of hydrogen-bond acceptors (Lipinski definition) is 4. The third kappa shape index (κ3) is 2.44. The summed E-state index contributed by atoms with van der Waals surface area (Å²) in [5, 5.41) is 0. The molecule has 0 amide bonds. The molecule has 0 aromatic heterocycles. The summed E-state index contributed by atoms with van der Waals surface area (Å²) in [5.41, 5.74) is 6.15. The normalized spacial score (nSPS) is 46.7. The molecule has 0 saturated carbocycles. The predicted octanol–water partition coefficient (Wildman–Crippen LogP) is 0.994. The summed E-state index contributed by atoms with van der Waals surface area (Å²) in [6, 6.07) is 1.07. The summed E-state index contributed by atoms with van der Waals surface area (Å²) in [6.45, 7) is 7.16. The Morgan fingerprint density at radius 2 is 2.17 bits per heavy atom. The van der Waals surface area contributed by atoms with Gasteiger partial charge in [-0.25, -0.2) is 0 Å². The van der Waals surface area contributed by atoms with Crippen molar-refractivity contribution in [2.75, 3.05) is 32.9 Å². The second-order valence-corrected chi connectivity index (χ2v) is 6.41. The Kier molecular flexibility index (Phi) is 3.63. The van der Waals surface area contributed by atoms with Gasteiger partial charge in [-0.3, -0.25) is 4.90 Å². The van der Waals surface area contributed by atoms with Crippen LogP contribution in [0.25, 0.3) is 0 Å². The van der Waals surface area contributed by atoms with Gasteiger partial charge < -0.3 is 15.2 Å². The molecule has 18 heavy (non-hydrogen) atoms. The van der Waals surface area contributed by atoms with Crippen LogP contribution in [0, 0.1) is 5.92 Å². The highest BCUT2D eigenvalue weighted by Crippen LogP contribution is 2.35. The molecule has 1 spiro atoms. The molecule has 0 aromatic carbocycles. The maximum atomic E-state index is 6.11. The summed E-state index contributed by atoms with van der Waals surface area (Å²) in [5.74, 6) is 0.623. The van der Waals surface area contributed by atoms with Gasteiger partial charge in [-0.15, -0.1) is 0 Å². The standard InChI is InChI=1S/C14H26N2O2/c1-11-9-16(5-2-13(11)15)12-3-6-18-14(8-12)4-7-17-10-14/h11-13H,2-10,15H2,1H3. The Morgan fingerprint density at radius 1 is 1.28 bits per heavy atom. The van der Waals surface area contributed by atoms with Crippen molar-refractivity contribution in [2.24, 2.45) is 11.7 Å². The van der Waals surface area contributed by atoms with Gasteiger partial charge in [-0.05, 0) is 31.7 Å². The molecule has 0 aliphatic carbocycles. The Bertz CT molecular complexity index is 292. The average Bonchev–Trinajstić information content (AvgIpc) is 2.81. The van der Waals surface area contributed by atoms with Gasteiger partial charge in [0.1, 0.15) is 0 Å². The van der Waals surface area contributed by atoms with E-state index in [1.807, 2.05) is 0 Å². The van der Waals surface area contributed by atoms with E-state index in [9.17, 15) is 0 Å². The number of hydrogen-bond donors (Lipinski definition) is 1. The van der Waals surface area contributed by atoms with Crippen LogP contribution in [-0.2, 0) is 9.47 Å². The van der Waals surface area contributed by atoms with Crippen molar-refractivity contribution < 1.29 is 9.47 Å². The lowest BCUT2D eigenvalue weighted by atomic mass is 9.86. The van der Waals surface area contributed by atoms with Gasteiger partial charge in [0.05, 0.1) is 12.2 Å². The van der Waals surface area contributed by atoms with Crippen molar-refractivity contribution >= 4 is 0 Å². The van der Waals surface area contributed by atoms with E-state index in [4.69, 9.17) is 15.2 Å². The maximum Gasteiger partial charge on any atom is 0.0951 e. The Labute approximate surface area is 110 Å². The quantitative estimate of drug-likeness (QED) is 0.758. The van der Waals surface area contributed by atoms with Crippen molar-refractivity contribution in [2.45, 2.75) is 50.3 Å². The number of nitrogens with two attached hydrogens (primary N) is 1. The van der Waals surface area contributed by atoms with Crippen LogP contribution in [0.1, 0.15) is 32.6 Å². The third-order valence-corrected chi connectivity index (χ3v) is 5.05. The van der Waals surface area contributed by atoms with Crippen molar-refractivity contribution in [3.8, 4) is 0 Å². The van der Waals surface area contributed by atoms with Crippen molar-refractivity contribution in [1.29, 1.82) is 0 Å². The van der Waals surface area contributed by atoms with Gasteiger partial charge in [0.2, 0.25) is 0 Å². The average molecular weight is 254 g/mol. The number of ether oxygens (including phenoxy) is 2.